The van der Waals surface area contributed by atoms with E-state index in [2.05, 4.69) is 4.90 Å². The van der Waals surface area contributed by atoms with Crippen molar-refractivity contribution >= 4 is 11.9 Å². The van der Waals surface area contributed by atoms with Gasteiger partial charge in [0.25, 0.3) is 0 Å². The molecule has 1 aliphatic heterocycles. The largest absolute Gasteiger partial charge is 0.465 e. The highest BCUT2D eigenvalue weighted by Crippen LogP contribution is 2.45. The Labute approximate surface area is 159 Å². The normalized spacial score (nSPS) is 21.4. The second-order valence-electron chi connectivity index (χ2n) is 7.69. The number of rotatable bonds is 5. The van der Waals surface area contributed by atoms with E-state index in [1.807, 2.05) is 63.2 Å². The van der Waals surface area contributed by atoms with Crippen molar-refractivity contribution in [1.82, 2.24) is 4.90 Å². The van der Waals surface area contributed by atoms with E-state index in [0.717, 1.165) is 11.1 Å². The number of carbonyl (C=O) groups excluding carboxylic acids is 2. The Hall–Kier alpha value is -2.66. The van der Waals surface area contributed by atoms with Gasteiger partial charge in [-0.05, 0) is 44.0 Å². The fourth-order valence-electron chi connectivity index (χ4n) is 3.20. The first-order valence-electron chi connectivity index (χ1n) is 9.01. The first-order chi connectivity index (χ1) is 12.8. The van der Waals surface area contributed by atoms with Gasteiger partial charge < -0.3 is 9.47 Å². The molecule has 2 aromatic rings. The lowest BCUT2D eigenvalue weighted by Gasteiger charge is -2.19. The maximum atomic E-state index is 12.7. The highest BCUT2D eigenvalue weighted by atomic mass is 16.6. The molecule has 3 atom stereocenters. The Morgan fingerprint density at radius 2 is 1.63 bits per heavy atom. The van der Waals surface area contributed by atoms with Crippen LogP contribution in [0.3, 0.4) is 0 Å². The zero-order valence-corrected chi connectivity index (χ0v) is 16.1. The standard InChI is InChI=1S/C22H25NO4/c1-22(2,3)27-21(25)19-18(23(19)14-15-8-6-5-7-9-15)16-10-12-17(13-11-16)20(24)26-4/h5-13,18-19H,14H2,1-4H3/t18-,19-,23?/m1/s1. The smallest absolute Gasteiger partial charge is 0.337 e. The van der Waals surface area contributed by atoms with E-state index < -0.39 is 5.60 Å². The van der Waals surface area contributed by atoms with E-state index in [9.17, 15) is 9.59 Å². The van der Waals surface area contributed by atoms with Gasteiger partial charge in [0.2, 0.25) is 0 Å². The summed E-state index contributed by atoms with van der Waals surface area (Å²) in [6.45, 7) is 6.27. The third-order valence-electron chi connectivity index (χ3n) is 4.45. The predicted molar refractivity (Wildman–Crippen MR) is 102 cm³/mol. The summed E-state index contributed by atoms with van der Waals surface area (Å²) in [5.41, 5.74) is 2.08. The van der Waals surface area contributed by atoms with Gasteiger partial charge in [-0.15, -0.1) is 0 Å². The van der Waals surface area contributed by atoms with Crippen LogP contribution in [0.4, 0.5) is 0 Å². The van der Waals surface area contributed by atoms with Gasteiger partial charge in [0, 0.05) is 6.54 Å². The molecule has 27 heavy (non-hydrogen) atoms. The minimum Gasteiger partial charge on any atom is -0.465 e. The predicted octanol–water partition coefficient (Wildman–Crippen LogP) is 3.74. The highest BCUT2D eigenvalue weighted by molar-refractivity contribution is 5.89. The molecular weight excluding hydrogens is 342 g/mol. The van der Waals surface area contributed by atoms with Crippen LogP contribution in [0.2, 0.25) is 0 Å². The summed E-state index contributed by atoms with van der Waals surface area (Å²) in [5.74, 6) is -0.595. The van der Waals surface area contributed by atoms with Gasteiger partial charge in [-0.1, -0.05) is 42.5 Å². The van der Waals surface area contributed by atoms with Crippen LogP contribution >= 0.6 is 0 Å². The third kappa shape index (κ3) is 4.55. The number of carbonyl (C=O) groups is 2. The van der Waals surface area contributed by atoms with Crippen LogP contribution in [0.25, 0.3) is 0 Å². The monoisotopic (exact) mass is 367 g/mol. The van der Waals surface area contributed by atoms with Crippen LogP contribution in [0.1, 0.15) is 48.3 Å². The lowest BCUT2D eigenvalue weighted by atomic mass is 10.1. The Kier molecular flexibility index (Phi) is 5.33. The first kappa shape index (κ1) is 19.1. The maximum Gasteiger partial charge on any atom is 0.337 e. The van der Waals surface area contributed by atoms with Gasteiger partial charge in [-0.25, -0.2) is 4.79 Å². The van der Waals surface area contributed by atoms with Gasteiger partial charge >= 0.3 is 11.9 Å². The van der Waals surface area contributed by atoms with E-state index in [4.69, 9.17) is 9.47 Å². The van der Waals surface area contributed by atoms with Crippen LogP contribution in [0.15, 0.2) is 54.6 Å². The van der Waals surface area contributed by atoms with Crippen molar-refractivity contribution in [2.75, 3.05) is 7.11 Å². The molecule has 2 aromatic carbocycles. The van der Waals surface area contributed by atoms with Crippen molar-refractivity contribution in [2.24, 2.45) is 0 Å². The van der Waals surface area contributed by atoms with E-state index in [1.165, 1.54) is 7.11 Å². The molecular formula is C22H25NO4. The summed E-state index contributed by atoms with van der Waals surface area (Å²) < 4.78 is 10.3. The summed E-state index contributed by atoms with van der Waals surface area (Å²) in [6.07, 6.45) is 0. The molecule has 1 unspecified atom stereocenters. The van der Waals surface area contributed by atoms with Gasteiger partial charge in [-0.3, -0.25) is 9.69 Å². The maximum absolute atomic E-state index is 12.7. The number of esters is 2. The van der Waals surface area contributed by atoms with Gasteiger partial charge in [-0.2, -0.15) is 0 Å². The summed E-state index contributed by atoms with van der Waals surface area (Å²) in [5, 5.41) is 0. The van der Waals surface area contributed by atoms with Crippen LogP contribution < -0.4 is 0 Å². The second-order valence-corrected chi connectivity index (χ2v) is 7.69. The molecule has 1 aliphatic rings. The molecule has 3 rings (SSSR count). The van der Waals surface area contributed by atoms with Crippen molar-refractivity contribution in [3.8, 4) is 0 Å². The lowest BCUT2D eigenvalue weighted by Crippen LogP contribution is -2.28. The molecule has 0 amide bonds. The highest BCUT2D eigenvalue weighted by Gasteiger charge is 2.54. The molecule has 0 radical (unpaired) electrons. The van der Waals surface area contributed by atoms with E-state index in [-0.39, 0.29) is 24.0 Å². The molecule has 1 fully saturated rings. The molecule has 0 spiro atoms. The Morgan fingerprint density at radius 3 is 2.19 bits per heavy atom. The molecule has 0 aromatic heterocycles. The van der Waals surface area contributed by atoms with Crippen molar-refractivity contribution in [3.63, 3.8) is 0 Å². The van der Waals surface area contributed by atoms with Crippen LogP contribution in [-0.4, -0.2) is 35.6 Å². The average molecular weight is 367 g/mol. The SMILES string of the molecule is COC(=O)c1ccc([C@@H]2[C@H](C(=O)OC(C)(C)C)N2Cc2ccccc2)cc1. The zero-order valence-electron chi connectivity index (χ0n) is 16.1. The molecule has 5 nitrogen and oxygen atoms in total. The van der Waals surface area contributed by atoms with Crippen LogP contribution in [-0.2, 0) is 20.8 Å². The third-order valence-corrected chi connectivity index (χ3v) is 4.45. The number of ether oxygens (including phenoxy) is 2. The summed E-state index contributed by atoms with van der Waals surface area (Å²) >= 11 is 0. The topological polar surface area (TPSA) is 55.6 Å². The quantitative estimate of drug-likeness (QED) is 0.595. The molecule has 1 heterocycles. The number of methoxy groups -OCH3 is 1. The summed E-state index contributed by atoms with van der Waals surface area (Å²) in [7, 11) is 1.36. The molecule has 0 bridgehead atoms. The molecule has 0 aliphatic carbocycles. The molecule has 0 saturated carbocycles. The summed E-state index contributed by atoms with van der Waals surface area (Å²) in [6, 6.07) is 16.9. The number of hydrogen-bond acceptors (Lipinski definition) is 5. The Balaban J connectivity index is 1.81. The first-order valence-corrected chi connectivity index (χ1v) is 9.01. The van der Waals surface area contributed by atoms with E-state index in [1.54, 1.807) is 12.1 Å². The number of nitrogens with zero attached hydrogens (tertiary/aromatic N) is 1. The molecule has 142 valence electrons. The molecule has 1 saturated heterocycles. The van der Waals surface area contributed by atoms with Crippen molar-refractivity contribution in [3.05, 3.63) is 71.3 Å². The minimum atomic E-state index is -0.530. The molecule has 0 N–H and O–H groups in total. The fraction of sp³-hybridized carbons (Fsp3) is 0.364. The summed E-state index contributed by atoms with van der Waals surface area (Å²) in [4.78, 5) is 26.4. The van der Waals surface area contributed by atoms with Crippen LogP contribution in [0.5, 0.6) is 0 Å². The average Bonchev–Trinajstić information content (AvgIpc) is 3.34. The Morgan fingerprint density at radius 1 is 1.00 bits per heavy atom. The van der Waals surface area contributed by atoms with E-state index in [0.29, 0.717) is 12.1 Å². The number of hydrogen-bond donors (Lipinski definition) is 0. The van der Waals surface area contributed by atoms with Gasteiger partial charge in [0.1, 0.15) is 11.6 Å². The second kappa shape index (κ2) is 7.53. The minimum absolute atomic E-state index is 0.0632. The van der Waals surface area contributed by atoms with Crippen LogP contribution in [0, 0.1) is 0 Å². The lowest BCUT2D eigenvalue weighted by molar-refractivity contribution is -0.155. The number of benzene rings is 2. The van der Waals surface area contributed by atoms with Crippen molar-refractivity contribution < 1.29 is 19.1 Å². The van der Waals surface area contributed by atoms with E-state index >= 15 is 0 Å². The fourth-order valence-corrected chi connectivity index (χ4v) is 3.20. The van der Waals surface area contributed by atoms with Gasteiger partial charge in [0.15, 0.2) is 0 Å². The van der Waals surface area contributed by atoms with Crippen molar-refractivity contribution in [2.45, 2.75) is 45.0 Å². The van der Waals surface area contributed by atoms with Crippen molar-refractivity contribution in [1.29, 1.82) is 0 Å². The molecule has 5 heteroatoms. The zero-order chi connectivity index (χ0) is 19.6. The van der Waals surface area contributed by atoms with Gasteiger partial charge in [0.05, 0.1) is 18.7 Å². The Bertz CT molecular complexity index is 808.